The third-order valence-corrected chi connectivity index (χ3v) is 19.2. The van der Waals surface area contributed by atoms with Crippen molar-refractivity contribution >= 4 is 137 Å². The summed E-state index contributed by atoms with van der Waals surface area (Å²) in [6, 6.07) is -10.5. The number of nitrogens with two attached hydrogens (primary N) is 4. The van der Waals surface area contributed by atoms with Gasteiger partial charge in [-0.15, -0.1) is 6.58 Å². The van der Waals surface area contributed by atoms with E-state index in [0.717, 1.165) is 6.92 Å². The predicted octanol–water partition coefficient (Wildman–Crippen LogP) is -4.20. The van der Waals surface area contributed by atoms with E-state index in [1.54, 1.807) is 64.2 Å². The molecule has 40 heteroatoms. The van der Waals surface area contributed by atoms with E-state index in [4.69, 9.17) is 33.8 Å². The van der Waals surface area contributed by atoms with Crippen molar-refractivity contribution in [3.05, 3.63) is 48.7 Å². The van der Waals surface area contributed by atoms with Crippen LogP contribution in [-0.4, -0.2) is 242 Å². The van der Waals surface area contributed by atoms with Gasteiger partial charge in [-0.3, -0.25) is 106 Å². The van der Waals surface area contributed by atoms with Crippen LogP contribution in [0.1, 0.15) is 164 Å². The van der Waals surface area contributed by atoms with Gasteiger partial charge >= 0.3 is 0 Å². The van der Waals surface area contributed by atoms with E-state index in [1.165, 1.54) is 20.8 Å². The number of hydrogen-bond acceptors (Lipinski definition) is 29. The van der Waals surface area contributed by atoms with E-state index in [0.29, 0.717) is 79.7 Å². The number of nitrogens with one attached hydrogen (secondary N) is 17. The summed E-state index contributed by atoms with van der Waals surface area (Å²) in [6.07, 6.45) is -5.32. The van der Waals surface area contributed by atoms with E-state index in [1.807, 2.05) is 0 Å². The van der Waals surface area contributed by atoms with Crippen LogP contribution in [0.3, 0.4) is 0 Å². The molecule has 0 aliphatic carbocycles. The van der Waals surface area contributed by atoms with Gasteiger partial charge in [0.25, 0.3) is 0 Å². The summed E-state index contributed by atoms with van der Waals surface area (Å²) in [6.45, 7) is 15.8. The van der Waals surface area contributed by atoms with Crippen molar-refractivity contribution in [1.82, 2.24) is 79.4 Å². The number of unbranched alkanes of at least 4 members (excludes halogenated alkanes) is 1. The molecule has 1 aromatic carbocycles. The molecule has 1 aromatic heterocycles. The number of primary amides is 2. The Morgan fingerprint density at radius 2 is 0.932 bits per heavy atom. The minimum atomic E-state index is -2.09. The molecule has 0 bridgehead atoms. The summed E-state index contributed by atoms with van der Waals surface area (Å²) in [5.41, 5.74) is 21.9. The molecule has 0 fully saturated rings. The van der Waals surface area contributed by atoms with Crippen molar-refractivity contribution in [2.24, 2.45) is 40.2 Å². The number of Topliss-reactive ketones (excluding diaryl/α,β-unsaturated/α-hetero) is 5. The topological polar surface area (TPSA) is 660 Å². The molecular weight excluding hydrogens is 1520 g/mol. The summed E-state index contributed by atoms with van der Waals surface area (Å²) < 4.78 is 0. The van der Waals surface area contributed by atoms with Crippen molar-refractivity contribution in [1.29, 1.82) is 10.8 Å². The fraction of sp³-hybridized carbons (Fsp3) is 0.597. The number of allylic oxidation sites excluding steroid dienone is 1. The molecule has 117 heavy (non-hydrogen) atoms. The molecule has 0 unspecified atom stereocenters. The summed E-state index contributed by atoms with van der Waals surface area (Å²) in [5, 5.41) is 52.6. The lowest BCUT2D eigenvalue weighted by Crippen LogP contribution is -2.63. The molecule has 25 N–H and O–H groups in total. The second-order valence-electron chi connectivity index (χ2n) is 29.7. The molecule has 1 heterocycles. The maximum atomic E-state index is 15.2. The zero-order valence-corrected chi connectivity index (χ0v) is 67.7. The lowest BCUT2D eigenvalue weighted by molar-refractivity contribution is -0.137. The first-order valence-corrected chi connectivity index (χ1v) is 38.8. The first-order valence-electron chi connectivity index (χ1n) is 38.8. The van der Waals surface area contributed by atoms with Crippen LogP contribution < -0.4 is 97.4 Å². The van der Waals surface area contributed by atoms with Gasteiger partial charge in [0, 0.05) is 68.7 Å². The van der Waals surface area contributed by atoms with Crippen LogP contribution in [0.25, 0.3) is 10.9 Å². The number of para-hydroxylation sites is 1. The molecule has 648 valence electrons. The van der Waals surface area contributed by atoms with Gasteiger partial charge in [-0.2, -0.15) is 0 Å². The molecular formula is C77H121N21O19. The van der Waals surface area contributed by atoms with Gasteiger partial charge in [0.15, 0.2) is 35.1 Å². The Morgan fingerprint density at radius 3 is 1.34 bits per heavy atom. The number of carbonyl (C=O) groups excluding carboxylic acids is 19. The Morgan fingerprint density at radius 1 is 0.513 bits per heavy atom. The molecule has 0 radical (unpaired) electrons. The fourth-order valence-electron chi connectivity index (χ4n) is 12.4. The highest BCUT2D eigenvalue weighted by molar-refractivity contribution is 6.01. The van der Waals surface area contributed by atoms with Crippen molar-refractivity contribution in [3.8, 4) is 0 Å². The second kappa shape index (κ2) is 54.2. The summed E-state index contributed by atoms with van der Waals surface area (Å²) in [5.74, 6) is -13.0. The summed E-state index contributed by atoms with van der Waals surface area (Å²) in [4.78, 5) is 263. The number of ketones is 5. The predicted molar refractivity (Wildman–Crippen MR) is 431 cm³/mol. The SMILES string of the molecule is C=CCCC[C@](C)(CC(=O)[C@@H](NC(=O)[C@@H](CC(=O)[C@@H](NC(=O)[C@@H](CC(=O)[C@@H](NC(=O)[C@@H](CC(=O)[C@@H](NC(=O)[C@@H](CC(C)=O)N[C@H](C=O)CCCNC(=N)N)N[C@H](C=O)Cc1c[nH]c2ccccc12)N[C@H](C=O)[C@@H](C)CC)N[C@@H](C)C=O)N[C@H](C=O)CCC(N)=O)N[C@@H](C)C=O)N[C@H](C=O)CC(C)C)N[C@H](C=O)CCCNC(=N)N)C(N)=O. The first-order chi connectivity index (χ1) is 55.4. The van der Waals surface area contributed by atoms with Crippen LogP contribution in [0.5, 0.6) is 0 Å². The van der Waals surface area contributed by atoms with Gasteiger partial charge in [-0.1, -0.05) is 65.3 Å². The average Bonchev–Trinajstić information content (AvgIpc) is 1.72. The quantitative estimate of drug-likeness (QED) is 0.00746. The van der Waals surface area contributed by atoms with Crippen LogP contribution in [-0.2, 0) is 97.5 Å². The molecule has 0 saturated carbocycles. The molecule has 0 spiro atoms. The minimum Gasteiger partial charge on any atom is -0.370 e. The summed E-state index contributed by atoms with van der Waals surface area (Å²) >= 11 is 0. The van der Waals surface area contributed by atoms with Crippen LogP contribution in [0.15, 0.2) is 43.1 Å². The van der Waals surface area contributed by atoms with Crippen molar-refractivity contribution in [2.45, 2.75) is 262 Å². The van der Waals surface area contributed by atoms with Crippen LogP contribution >= 0.6 is 0 Å². The number of carbonyl (C=O) groups is 19. The summed E-state index contributed by atoms with van der Waals surface area (Å²) in [7, 11) is 0. The Labute approximate surface area is 679 Å². The number of rotatable bonds is 68. The standard InChI is InChI=1S/C77H121N21O19/c1-10-12-15-24-77(9,74(79)117)33-64(111)69(92-50(38-102)19-17-26-85-76(82)83)98-72(115)58(91-52(40-104)27-43(3)4)31-62(109)66(87-45(6)35-99)95-71(114)57(90-51(39-103)22-23-65(78)112)30-61(108)67(88-46(7)36-100)96-73(116)59(94-60(42-106)44(5)11-2)32-63(110)68(93-53(41-105)29-48-34-86-55-21-14-13-20-54(48)55)97-70(113)56(28-47(8)107)89-49(37-101)18-16-25-84-75(80)81/h10,13-14,20-21,34-46,49-53,56-60,66-69,86-94H,1,11-12,15-19,22-33H2,2-9H3,(H2,78,112)(H2,79,117)(H,95,114)(H,96,116)(H,97,113)(H,98,115)(H4,80,81,84)(H4,82,83,85)/t44-,45-,46-,49-,50-,51-,52-,53-,56+,57+,58+,59+,60+,66+,67+,68+,69+,77+/m0/s1. The average molecular weight is 1640 g/mol. The monoisotopic (exact) mass is 1640 g/mol. The highest BCUT2D eigenvalue weighted by Crippen LogP contribution is 2.29. The number of fused-ring (bicyclic) bond motifs is 1. The Balaban J connectivity index is 2.95. The number of benzene rings is 1. The van der Waals surface area contributed by atoms with Crippen LogP contribution in [0.2, 0.25) is 0 Å². The fourth-order valence-corrected chi connectivity index (χ4v) is 12.4. The first kappa shape index (κ1) is 102. The van der Waals surface area contributed by atoms with Gasteiger partial charge in [0.1, 0.15) is 80.7 Å². The molecule has 6 amide bonds. The second-order valence-corrected chi connectivity index (χ2v) is 29.7. The van der Waals surface area contributed by atoms with Gasteiger partial charge in [0.2, 0.25) is 35.4 Å². The highest BCUT2D eigenvalue weighted by Gasteiger charge is 2.41. The number of aromatic nitrogens is 1. The third kappa shape index (κ3) is 38.3. The number of aromatic amines is 1. The van der Waals surface area contributed by atoms with Crippen LogP contribution in [0, 0.1) is 28.1 Å². The zero-order valence-electron chi connectivity index (χ0n) is 67.7. The van der Waals surface area contributed by atoms with Crippen molar-refractivity contribution in [2.75, 3.05) is 13.1 Å². The van der Waals surface area contributed by atoms with Crippen molar-refractivity contribution < 1.29 is 91.1 Å². The van der Waals surface area contributed by atoms with Crippen LogP contribution in [0.4, 0.5) is 0 Å². The molecule has 0 saturated heterocycles. The van der Waals surface area contributed by atoms with E-state index in [9.17, 15) is 67.1 Å². The zero-order chi connectivity index (χ0) is 88.1. The maximum Gasteiger partial charge on any atom is 0.239 e. The largest absolute Gasteiger partial charge is 0.370 e. The molecule has 0 aliphatic heterocycles. The van der Waals surface area contributed by atoms with E-state index in [-0.39, 0.29) is 82.2 Å². The molecule has 0 aliphatic rings. The lowest BCUT2D eigenvalue weighted by Gasteiger charge is -2.31. The third-order valence-electron chi connectivity index (χ3n) is 19.2. The van der Waals surface area contributed by atoms with Gasteiger partial charge in [-0.25, -0.2) is 0 Å². The smallest absolute Gasteiger partial charge is 0.239 e. The molecule has 18 atom stereocenters. The van der Waals surface area contributed by atoms with Crippen molar-refractivity contribution in [3.63, 3.8) is 0 Å². The van der Waals surface area contributed by atoms with E-state index >= 15 is 24.0 Å². The number of H-pyrrole nitrogens is 1. The number of hydrogen-bond donors (Lipinski definition) is 21. The molecule has 2 aromatic rings. The molecule has 40 nitrogen and oxygen atoms in total. The maximum absolute atomic E-state index is 15.2. The van der Waals surface area contributed by atoms with Gasteiger partial charge < -0.3 is 98.2 Å². The Bertz CT molecular complexity index is 3730. The number of aldehydes is 8. The minimum absolute atomic E-state index is 0.0163. The number of amides is 6. The lowest BCUT2D eigenvalue weighted by atomic mass is 9.79. The molecule has 2 rings (SSSR count). The normalized spacial score (nSPS) is 16.2. The van der Waals surface area contributed by atoms with E-state index < -0.39 is 218 Å². The Hall–Kier alpha value is -10.7. The number of guanidine groups is 2. The van der Waals surface area contributed by atoms with Gasteiger partial charge in [-0.05, 0) is 108 Å². The Kier molecular flexibility index (Phi) is 47.4. The highest BCUT2D eigenvalue weighted by atomic mass is 16.2. The van der Waals surface area contributed by atoms with Gasteiger partial charge in [0.05, 0.1) is 77.9 Å². The van der Waals surface area contributed by atoms with E-state index in [2.05, 4.69) is 86.0 Å².